The van der Waals surface area contributed by atoms with Crippen LogP contribution in [0, 0.1) is 28.6 Å². The van der Waals surface area contributed by atoms with Gasteiger partial charge in [-0.2, -0.15) is 10.5 Å². The Bertz CT molecular complexity index is 585. The van der Waals surface area contributed by atoms with E-state index in [4.69, 9.17) is 16.3 Å². The number of imidazole rings is 1. The maximum absolute atomic E-state index is 11.9. The van der Waals surface area contributed by atoms with Crippen LogP contribution in [0.4, 0.5) is 5.95 Å². The summed E-state index contributed by atoms with van der Waals surface area (Å²) in [5.74, 6) is 0.286. The molecule has 1 saturated carbocycles. The molecule has 1 aromatic rings. The molecule has 0 aliphatic heterocycles. The second kappa shape index (κ2) is 6.07. The quantitative estimate of drug-likeness (QED) is 0.827. The molecule has 1 amide bonds. The van der Waals surface area contributed by atoms with Gasteiger partial charge in [0.15, 0.2) is 11.4 Å². The van der Waals surface area contributed by atoms with E-state index in [1.54, 1.807) is 0 Å². The van der Waals surface area contributed by atoms with E-state index >= 15 is 0 Å². The van der Waals surface area contributed by atoms with Crippen molar-refractivity contribution in [2.24, 2.45) is 5.92 Å². The molecule has 0 spiro atoms. The maximum atomic E-state index is 11.9. The lowest BCUT2D eigenvalue weighted by atomic mass is 10.1. The van der Waals surface area contributed by atoms with Crippen LogP contribution in [0.25, 0.3) is 0 Å². The monoisotopic (exact) mass is 272 g/mol. The Morgan fingerprint density at radius 3 is 2.70 bits per heavy atom. The minimum absolute atomic E-state index is 0.0205. The summed E-state index contributed by atoms with van der Waals surface area (Å²) in [5, 5.41) is 20.7. The largest absolute Gasteiger partial charge is 0.369 e. The number of nitrogens with zero attached hydrogens (tertiary/aromatic N) is 4. The summed E-state index contributed by atoms with van der Waals surface area (Å²) in [6.07, 6.45) is 4.11. The van der Waals surface area contributed by atoms with Gasteiger partial charge in [-0.15, -0.1) is 0 Å². The number of rotatable bonds is 4. The topological polar surface area (TPSA) is 121 Å². The molecule has 0 atom stereocenters. The number of carbonyl (C=O) groups excluding carboxylic acids is 1. The molecule has 0 aromatic carbocycles. The first kappa shape index (κ1) is 13.9. The number of nitrogen functional groups attached to an aromatic ring is 1. The van der Waals surface area contributed by atoms with Crippen molar-refractivity contribution in [3.8, 4) is 12.1 Å². The van der Waals surface area contributed by atoms with Crippen LogP contribution in [0.3, 0.4) is 0 Å². The number of hydrogen-bond acceptors (Lipinski definition) is 5. The van der Waals surface area contributed by atoms with Crippen molar-refractivity contribution in [2.45, 2.75) is 32.2 Å². The SMILES string of the molecule is N#Cc1nc(N)n(CCNC(=O)C2CCCC2)c1C#N. The van der Waals surface area contributed by atoms with Crippen molar-refractivity contribution >= 4 is 11.9 Å². The second-order valence-electron chi connectivity index (χ2n) is 4.81. The second-order valence-corrected chi connectivity index (χ2v) is 4.81. The van der Waals surface area contributed by atoms with Crippen LogP contribution in [0.1, 0.15) is 37.1 Å². The fraction of sp³-hybridized carbons (Fsp3) is 0.538. The molecule has 7 nitrogen and oxygen atoms in total. The van der Waals surface area contributed by atoms with E-state index in [0.29, 0.717) is 13.1 Å². The van der Waals surface area contributed by atoms with Gasteiger partial charge in [0.25, 0.3) is 0 Å². The first-order chi connectivity index (χ1) is 9.67. The summed E-state index contributed by atoms with van der Waals surface area (Å²) in [7, 11) is 0. The molecule has 0 radical (unpaired) electrons. The lowest BCUT2D eigenvalue weighted by molar-refractivity contribution is -0.124. The Kier molecular flexibility index (Phi) is 4.21. The van der Waals surface area contributed by atoms with Gasteiger partial charge in [0.05, 0.1) is 0 Å². The van der Waals surface area contributed by atoms with Gasteiger partial charge in [-0.05, 0) is 12.8 Å². The number of amides is 1. The number of anilines is 1. The highest BCUT2D eigenvalue weighted by Crippen LogP contribution is 2.24. The van der Waals surface area contributed by atoms with Gasteiger partial charge >= 0.3 is 0 Å². The van der Waals surface area contributed by atoms with Crippen LogP contribution < -0.4 is 11.1 Å². The molecule has 1 fully saturated rings. The van der Waals surface area contributed by atoms with Crippen LogP contribution in [0.15, 0.2) is 0 Å². The Labute approximate surface area is 117 Å². The van der Waals surface area contributed by atoms with Crippen molar-refractivity contribution in [3.05, 3.63) is 11.4 Å². The number of nitriles is 2. The van der Waals surface area contributed by atoms with E-state index in [0.717, 1.165) is 25.7 Å². The van der Waals surface area contributed by atoms with Gasteiger partial charge in [-0.25, -0.2) is 4.98 Å². The van der Waals surface area contributed by atoms with E-state index in [1.165, 1.54) is 4.57 Å². The predicted molar refractivity (Wildman–Crippen MR) is 71.0 cm³/mol. The maximum Gasteiger partial charge on any atom is 0.223 e. The molecule has 104 valence electrons. The zero-order valence-corrected chi connectivity index (χ0v) is 11.1. The molecule has 1 heterocycles. The van der Waals surface area contributed by atoms with Gasteiger partial charge in [0, 0.05) is 19.0 Å². The van der Waals surface area contributed by atoms with E-state index < -0.39 is 0 Å². The number of carbonyl (C=O) groups is 1. The lowest BCUT2D eigenvalue weighted by Gasteiger charge is -2.11. The minimum atomic E-state index is 0.0205. The average molecular weight is 272 g/mol. The Balaban J connectivity index is 1.94. The smallest absolute Gasteiger partial charge is 0.223 e. The third kappa shape index (κ3) is 2.72. The lowest BCUT2D eigenvalue weighted by Crippen LogP contribution is -2.32. The molecule has 2 rings (SSSR count). The van der Waals surface area contributed by atoms with Gasteiger partial charge in [0.2, 0.25) is 11.9 Å². The Morgan fingerprint density at radius 1 is 1.40 bits per heavy atom. The first-order valence-electron chi connectivity index (χ1n) is 6.61. The van der Waals surface area contributed by atoms with Crippen LogP contribution in [0.5, 0.6) is 0 Å². The molecule has 1 aromatic heterocycles. The van der Waals surface area contributed by atoms with E-state index in [1.807, 2.05) is 12.1 Å². The minimum Gasteiger partial charge on any atom is -0.369 e. The number of nitrogens with one attached hydrogen (secondary N) is 1. The molecule has 1 aliphatic carbocycles. The highest BCUT2D eigenvalue weighted by Gasteiger charge is 2.22. The van der Waals surface area contributed by atoms with Gasteiger partial charge in [0.1, 0.15) is 12.1 Å². The van der Waals surface area contributed by atoms with E-state index in [-0.39, 0.29) is 29.2 Å². The summed E-state index contributed by atoms with van der Waals surface area (Å²) < 4.78 is 1.45. The summed E-state index contributed by atoms with van der Waals surface area (Å²) in [5.41, 5.74) is 5.83. The van der Waals surface area contributed by atoms with Gasteiger partial charge in [-0.1, -0.05) is 12.8 Å². The molecule has 1 aliphatic rings. The average Bonchev–Trinajstić information content (AvgIpc) is 3.07. The van der Waals surface area contributed by atoms with E-state index in [2.05, 4.69) is 10.3 Å². The molecule has 0 bridgehead atoms. The number of aromatic nitrogens is 2. The molecule has 20 heavy (non-hydrogen) atoms. The highest BCUT2D eigenvalue weighted by molar-refractivity contribution is 5.78. The molecule has 3 N–H and O–H groups in total. The summed E-state index contributed by atoms with van der Waals surface area (Å²) in [6.45, 7) is 0.706. The first-order valence-corrected chi connectivity index (χ1v) is 6.61. The third-order valence-electron chi connectivity index (χ3n) is 3.57. The van der Waals surface area contributed by atoms with Crippen molar-refractivity contribution in [3.63, 3.8) is 0 Å². The molecule has 0 saturated heterocycles. The standard InChI is InChI=1S/C13H16N6O/c14-7-10-11(8-15)19(13(16)18-10)6-5-17-12(20)9-3-1-2-4-9/h9H,1-6H2,(H2,16,18)(H,17,20). The summed E-state index contributed by atoms with van der Waals surface area (Å²) in [4.78, 5) is 15.7. The highest BCUT2D eigenvalue weighted by atomic mass is 16.1. The number of nitrogens with two attached hydrogens (primary N) is 1. The van der Waals surface area contributed by atoms with Crippen molar-refractivity contribution < 1.29 is 4.79 Å². The summed E-state index contributed by atoms with van der Waals surface area (Å²) in [6, 6.07) is 3.74. The molecular formula is C13H16N6O. The van der Waals surface area contributed by atoms with Crippen molar-refractivity contribution in [1.29, 1.82) is 10.5 Å². The molecule has 0 unspecified atom stereocenters. The van der Waals surface area contributed by atoms with Gasteiger partial charge < -0.3 is 11.1 Å². The van der Waals surface area contributed by atoms with Crippen LogP contribution in [0.2, 0.25) is 0 Å². The third-order valence-corrected chi connectivity index (χ3v) is 3.57. The Morgan fingerprint density at radius 2 is 2.10 bits per heavy atom. The van der Waals surface area contributed by atoms with Crippen LogP contribution in [-0.4, -0.2) is 22.0 Å². The zero-order chi connectivity index (χ0) is 14.5. The number of hydrogen-bond donors (Lipinski definition) is 2. The predicted octanol–water partition coefficient (Wildman–Crippen LogP) is 0.515. The molecule has 7 heteroatoms. The summed E-state index contributed by atoms with van der Waals surface area (Å²) >= 11 is 0. The van der Waals surface area contributed by atoms with Gasteiger partial charge in [-0.3, -0.25) is 9.36 Å². The van der Waals surface area contributed by atoms with Crippen molar-refractivity contribution in [1.82, 2.24) is 14.9 Å². The van der Waals surface area contributed by atoms with Crippen LogP contribution >= 0.6 is 0 Å². The zero-order valence-electron chi connectivity index (χ0n) is 11.1. The van der Waals surface area contributed by atoms with Crippen LogP contribution in [-0.2, 0) is 11.3 Å². The fourth-order valence-corrected chi connectivity index (χ4v) is 2.51. The fourth-order valence-electron chi connectivity index (χ4n) is 2.51. The Hall–Kier alpha value is -2.54. The normalized spacial score (nSPS) is 14.7. The molecular weight excluding hydrogens is 256 g/mol. The van der Waals surface area contributed by atoms with E-state index in [9.17, 15) is 4.79 Å². The van der Waals surface area contributed by atoms with Crippen molar-refractivity contribution in [2.75, 3.05) is 12.3 Å².